The molecule has 0 amide bonds. The highest BCUT2D eigenvalue weighted by molar-refractivity contribution is 5.46. The highest BCUT2D eigenvalue weighted by Crippen LogP contribution is 2.23. The van der Waals surface area contributed by atoms with E-state index >= 15 is 0 Å². The smallest absolute Gasteiger partial charge is 0.207 e. The molecule has 108 valence electrons. The van der Waals surface area contributed by atoms with Gasteiger partial charge in [0.25, 0.3) is 0 Å². The molecular formula is C15H20FN3O. The second-order valence-electron chi connectivity index (χ2n) is 4.68. The number of aromatic nitrogens is 2. The first-order chi connectivity index (χ1) is 9.65. The molecule has 5 heteroatoms. The zero-order chi connectivity index (χ0) is 14.5. The molecule has 0 aliphatic heterocycles. The number of unbranched alkanes of at least 4 members (excludes halogenated alkanes) is 1. The molecule has 1 aromatic carbocycles. The number of nitrogens with zero attached hydrogens (tertiary/aromatic N) is 2. The maximum Gasteiger partial charge on any atom is 0.207 e. The molecule has 4 nitrogen and oxygen atoms in total. The lowest BCUT2D eigenvalue weighted by molar-refractivity contribution is 0.386. The third-order valence-electron chi connectivity index (χ3n) is 3.05. The quantitative estimate of drug-likeness (QED) is 0.821. The van der Waals surface area contributed by atoms with Crippen molar-refractivity contribution < 1.29 is 9.13 Å². The van der Waals surface area contributed by atoms with Crippen molar-refractivity contribution in [1.29, 1.82) is 0 Å². The van der Waals surface area contributed by atoms with E-state index in [1.807, 2.05) is 17.7 Å². The third-order valence-corrected chi connectivity index (χ3v) is 3.05. The van der Waals surface area contributed by atoms with Crippen molar-refractivity contribution in [2.75, 3.05) is 19.0 Å². The molecule has 0 radical (unpaired) electrons. The Morgan fingerprint density at radius 2 is 2.20 bits per heavy atom. The lowest BCUT2D eigenvalue weighted by atomic mass is 10.3. The largest absolute Gasteiger partial charge is 0.494 e. The van der Waals surface area contributed by atoms with Gasteiger partial charge in [-0.05, 0) is 25.5 Å². The van der Waals surface area contributed by atoms with Crippen molar-refractivity contribution in [1.82, 2.24) is 9.55 Å². The Balaban J connectivity index is 2.31. The predicted molar refractivity (Wildman–Crippen MR) is 78.2 cm³/mol. The number of rotatable bonds is 6. The van der Waals surface area contributed by atoms with E-state index in [-0.39, 0.29) is 11.6 Å². The zero-order valence-corrected chi connectivity index (χ0v) is 12.1. The van der Waals surface area contributed by atoms with Crippen LogP contribution in [0.5, 0.6) is 5.75 Å². The van der Waals surface area contributed by atoms with Crippen molar-refractivity contribution in [2.45, 2.75) is 26.7 Å². The first kappa shape index (κ1) is 14.4. The molecule has 0 atom stereocenters. The van der Waals surface area contributed by atoms with Crippen LogP contribution in [0.25, 0.3) is 5.69 Å². The van der Waals surface area contributed by atoms with Gasteiger partial charge in [0.2, 0.25) is 5.95 Å². The molecule has 0 bridgehead atoms. The standard InChI is InChI=1S/C15H20FN3O/c1-4-5-8-17-15-18-11(2)10-19(15)12-6-7-13(16)14(9-12)20-3/h6-7,9-10H,4-5,8H2,1-3H3,(H,17,18). The summed E-state index contributed by atoms with van der Waals surface area (Å²) in [5.41, 5.74) is 1.73. The van der Waals surface area contributed by atoms with Crippen LogP contribution < -0.4 is 10.1 Å². The number of methoxy groups -OCH3 is 1. The number of imidazole rings is 1. The van der Waals surface area contributed by atoms with Crippen LogP contribution in [-0.4, -0.2) is 23.2 Å². The molecule has 1 heterocycles. The number of ether oxygens (including phenoxy) is 1. The number of hydrogen-bond donors (Lipinski definition) is 1. The Hall–Kier alpha value is -2.04. The van der Waals surface area contributed by atoms with Gasteiger partial charge in [-0.15, -0.1) is 0 Å². The first-order valence-corrected chi connectivity index (χ1v) is 6.79. The van der Waals surface area contributed by atoms with Crippen LogP contribution in [-0.2, 0) is 0 Å². The van der Waals surface area contributed by atoms with E-state index in [2.05, 4.69) is 17.2 Å². The van der Waals surface area contributed by atoms with Crippen molar-refractivity contribution in [2.24, 2.45) is 0 Å². The number of aryl methyl sites for hydroxylation is 1. The highest BCUT2D eigenvalue weighted by atomic mass is 19.1. The molecule has 20 heavy (non-hydrogen) atoms. The minimum atomic E-state index is -0.367. The molecule has 0 unspecified atom stereocenters. The Morgan fingerprint density at radius 3 is 2.90 bits per heavy atom. The fourth-order valence-corrected chi connectivity index (χ4v) is 1.99. The molecule has 0 fully saturated rings. The van der Waals surface area contributed by atoms with Crippen LogP contribution in [0.2, 0.25) is 0 Å². The van der Waals surface area contributed by atoms with Gasteiger partial charge < -0.3 is 10.1 Å². The number of hydrogen-bond acceptors (Lipinski definition) is 3. The van der Waals surface area contributed by atoms with Gasteiger partial charge in [-0.3, -0.25) is 4.57 Å². The van der Waals surface area contributed by atoms with Gasteiger partial charge in [0.05, 0.1) is 18.5 Å². The summed E-state index contributed by atoms with van der Waals surface area (Å²) in [4.78, 5) is 4.45. The zero-order valence-electron chi connectivity index (χ0n) is 12.1. The molecule has 2 rings (SSSR count). The number of benzene rings is 1. The molecule has 0 aliphatic carbocycles. The topological polar surface area (TPSA) is 39.1 Å². The van der Waals surface area contributed by atoms with Gasteiger partial charge in [0.15, 0.2) is 11.6 Å². The van der Waals surface area contributed by atoms with Gasteiger partial charge in [-0.25, -0.2) is 9.37 Å². The summed E-state index contributed by atoms with van der Waals surface area (Å²) in [6.45, 7) is 4.94. The molecular weight excluding hydrogens is 257 g/mol. The monoisotopic (exact) mass is 277 g/mol. The van der Waals surface area contributed by atoms with E-state index in [0.717, 1.165) is 36.7 Å². The molecule has 0 spiro atoms. The van der Waals surface area contributed by atoms with Crippen LogP contribution in [0.4, 0.5) is 10.3 Å². The average Bonchev–Trinajstić information content (AvgIpc) is 2.81. The summed E-state index contributed by atoms with van der Waals surface area (Å²) in [7, 11) is 1.46. The maximum atomic E-state index is 13.5. The fraction of sp³-hybridized carbons (Fsp3) is 0.400. The minimum absolute atomic E-state index is 0.230. The average molecular weight is 277 g/mol. The number of nitrogens with one attached hydrogen (secondary N) is 1. The highest BCUT2D eigenvalue weighted by Gasteiger charge is 2.10. The Morgan fingerprint density at radius 1 is 1.40 bits per heavy atom. The minimum Gasteiger partial charge on any atom is -0.494 e. The van der Waals surface area contributed by atoms with Crippen LogP contribution in [0.1, 0.15) is 25.5 Å². The number of halogens is 1. The van der Waals surface area contributed by atoms with E-state index < -0.39 is 0 Å². The molecule has 0 saturated carbocycles. The summed E-state index contributed by atoms with van der Waals surface area (Å²) in [5, 5.41) is 3.30. The molecule has 0 saturated heterocycles. The van der Waals surface area contributed by atoms with E-state index in [9.17, 15) is 4.39 Å². The van der Waals surface area contributed by atoms with Crippen molar-refractivity contribution in [3.63, 3.8) is 0 Å². The van der Waals surface area contributed by atoms with Gasteiger partial charge in [0, 0.05) is 18.8 Å². The van der Waals surface area contributed by atoms with Gasteiger partial charge in [-0.2, -0.15) is 0 Å². The third kappa shape index (κ3) is 3.10. The van der Waals surface area contributed by atoms with E-state index in [1.54, 1.807) is 12.1 Å². The lowest BCUT2D eigenvalue weighted by Gasteiger charge is -2.11. The maximum absolute atomic E-state index is 13.5. The van der Waals surface area contributed by atoms with Crippen LogP contribution >= 0.6 is 0 Å². The summed E-state index contributed by atoms with van der Waals surface area (Å²) < 4.78 is 20.4. The first-order valence-electron chi connectivity index (χ1n) is 6.79. The van der Waals surface area contributed by atoms with Crippen molar-refractivity contribution >= 4 is 5.95 Å². The summed E-state index contributed by atoms with van der Waals surface area (Å²) in [5.74, 6) is 0.631. The van der Waals surface area contributed by atoms with Crippen LogP contribution in [0, 0.1) is 12.7 Å². The molecule has 0 aliphatic rings. The Kier molecular flexibility index (Phi) is 4.61. The van der Waals surface area contributed by atoms with E-state index in [1.165, 1.54) is 13.2 Å². The molecule has 1 aromatic heterocycles. The Bertz CT molecular complexity index is 580. The Labute approximate surface area is 118 Å². The molecule has 2 aromatic rings. The fourth-order valence-electron chi connectivity index (χ4n) is 1.99. The van der Waals surface area contributed by atoms with Crippen LogP contribution in [0.3, 0.4) is 0 Å². The normalized spacial score (nSPS) is 10.6. The van der Waals surface area contributed by atoms with E-state index in [4.69, 9.17) is 4.74 Å². The lowest BCUT2D eigenvalue weighted by Crippen LogP contribution is -2.07. The summed E-state index contributed by atoms with van der Waals surface area (Å²) in [6.07, 6.45) is 4.12. The summed E-state index contributed by atoms with van der Waals surface area (Å²) in [6, 6.07) is 4.78. The second-order valence-corrected chi connectivity index (χ2v) is 4.68. The predicted octanol–water partition coefficient (Wildman–Crippen LogP) is 3.54. The number of anilines is 1. The van der Waals surface area contributed by atoms with Crippen LogP contribution in [0.15, 0.2) is 24.4 Å². The summed E-state index contributed by atoms with van der Waals surface area (Å²) >= 11 is 0. The molecule has 1 N–H and O–H groups in total. The SMILES string of the molecule is CCCCNc1nc(C)cn1-c1ccc(F)c(OC)c1. The van der Waals surface area contributed by atoms with Gasteiger partial charge in [0.1, 0.15) is 0 Å². The van der Waals surface area contributed by atoms with Crippen molar-refractivity contribution in [3.05, 3.63) is 35.9 Å². The van der Waals surface area contributed by atoms with Gasteiger partial charge >= 0.3 is 0 Å². The second kappa shape index (κ2) is 6.41. The van der Waals surface area contributed by atoms with E-state index in [0.29, 0.717) is 0 Å². The van der Waals surface area contributed by atoms with Gasteiger partial charge in [-0.1, -0.05) is 13.3 Å². The van der Waals surface area contributed by atoms with Crippen molar-refractivity contribution in [3.8, 4) is 11.4 Å².